The average Bonchev–Trinajstić information content (AvgIpc) is 3.19. The molecule has 6 heteroatoms. The van der Waals surface area contributed by atoms with Crippen molar-refractivity contribution in [2.45, 2.75) is 32.4 Å². The Morgan fingerprint density at radius 1 is 1.10 bits per heavy atom. The quantitative estimate of drug-likeness (QED) is 0.645. The van der Waals surface area contributed by atoms with Gasteiger partial charge in [-0.25, -0.2) is 0 Å². The van der Waals surface area contributed by atoms with Crippen molar-refractivity contribution >= 4 is 22.8 Å². The van der Waals surface area contributed by atoms with E-state index in [1.807, 2.05) is 60.8 Å². The standard InChI is InChI=1S/C24H26N2O4/c27-23(26-12-4-7-20(16-26)24(28)29)11-14-25-13-10-19-8-9-21(15-22(19)25)30-17-18-5-2-1-3-6-18/h1-3,5-6,8-10,13,15,20H,4,7,11-12,14,16-17H2,(H,28,29). The van der Waals surface area contributed by atoms with Crippen molar-refractivity contribution in [2.24, 2.45) is 5.92 Å². The summed E-state index contributed by atoms with van der Waals surface area (Å²) in [7, 11) is 0. The highest BCUT2D eigenvalue weighted by Crippen LogP contribution is 2.24. The normalized spacial score (nSPS) is 16.5. The first-order valence-corrected chi connectivity index (χ1v) is 10.4. The number of carboxylic acid groups (broad SMARTS) is 1. The van der Waals surface area contributed by atoms with Crippen molar-refractivity contribution in [1.82, 2.24) is 9.47 Å². The minimum Gasteiger partial charge on any atom is -0.489 e. The number of aryl methyl sites for hydroxylation is 1. The van der Waals surface area contributed by atoms with Gasteiger partial charge in [0.2, 0.25) is 5.91 Å². The first kappa shape index (κ1) is 20.0. The highest BCUT2D eigenvalue weighted by molar-refractivity contribution is 5.82. The van der Waals surface area contributed by atoms with Crippen LogP contribution < -0.4 is 4.74 Å². The first-order valence-electron chi connectivity index (χ1n) is 10.4. The van der Waals surface area contributed by atoms with Crippen LogP contribution in [0.15, 0.2) is 60.8 Å². The number of benzene rings is 2. The number of carboxylic acids is 1. The van der Waals surface area contributed by atoms with Gasteiger partial charge in [0.15, 0.2) is 0 Å². The lowest BCUT2D eigenvalue weighted by Crippen LogP contribution is -2.42. The number of carbonyl (C=O) groups is 2. The number of ether oxygens (including phenoxy) is 1. The Hall–Kier alpha value is -3.28. The highest BCUT2D eigenvalue weighted by atomic mass is 16.5. The van der Waals surface area contributed by atoms with E-state index >= 15 is 0 Å². The predicted molar refractivity (Wildman–Crippen MR) is 114 cm³/mol. The lowest BCUT2D eigenvalue weighted by molar-refractivity contribution is -0.145. The number of hydrogen-bond acceptors (Lipinski definition) is 3. The molecule has 1 saturated heterocycles. The molecule has 30 heavy (non-hydrogen) atoms. The molecule has 3 aromatic rings. The smallest absolute Gasteiger partial charge is 0.308 e. The second-order valence-corrected chi connectivity index (χ2v) is 7.77. The number of amides is 1. The fraction of sp³-hybridized carbons (Fsp3) is 0.333. The van der Waals surface area contributed by atoms with Crippen LogP contribution in [0.5, 0.6) is 5.75 Å². The molecule has 156 valence electrons. The number of aliphatic carboxylic acids is 1. The molecule has 0 spiro atoms. The van der Waals surface area contributed by atoms with E-state index < -0.39 is 11.9 Å². The number of aromatic nitrogens is 1. The summed E-state index contributed by atoms with van der Waals surface area (Å²) in [6.45, 7) is 2.02. The van der Waals surface area contributed by atoms with Crippen molar-refractivity contribution in [3.8, 4) is 5.75 Å². The highest BCUT2D eigenvalue weighted by Gasteiger charge is 2.27. The number of fused-ring (bicyclic) bond motifs is 1. The van der Waals surface area contributed by atoms with Gasteiger partial charge in [-0.1, -0.05) is 30.3 Å². The maximum Gasteiger partial charge on any atom is 0.308 e. The van der Waals surface area contributed by atoms with E-state index in [0.29, 0.717) is 39.1 Å². The molecule has 0 saturated carbocycles. The number of piperidine rings is 1. The first-order chi connectivity index (χ1) is 14.6. The van der Waals surface area contributed by atoms with Crippen LogP contribution in [0.2, 0.25) is 0 Å². The third-order valence-corrected chi connectivity index (χ3v) is 5.68. The lowest BCUT2D eigenvalue weighted by Gasteiger charge is -2.30. The van der Waals surface area contributed by atoms with Gasteiger partial charge in [-0.2, -0.15) is 0 Å². The van der Waals surface area contributed by atoms with Gasteiger partial charge in [0, 0.05) is 38.3 Å². The molecule has 1 unspecified atom stereocenters. The number of likely N-dealkylation sites (tertiary alicyclic amines) is 1. The zero-order valence-corrected chi connectivity index (χ0v) is 16.9. The summed E-state index contributed by atoms with van der Waals surface area (Å²) in [5, 5.41) is 10.3. The molecule has 0 aliphatic carbocycles. The van der Waals surface area contributed by atoms with Crippen molar-refractivity contribution < 1.29 is 19.4 Å². The Labute approximate surface area is 175 Å². The van der Waals surface area contributed by atoms with E-state index in [0.717, 1.165) is 28.6 Å². The van der Waals surface area contributed by atoms with E-state index in [4.69, 9.17) is 4.74 Å². The molecule has 1 aromatic heterocycles. The summed E-state index contributed by atoms with van der Waals surface area (Å²) in [6, 6.07) is 18.0. The number of rotatable bonds is 7. The molecule has 0 radical (unpaired) electrons. The zero-order valence-electron chi connectivity index (χ0n) is 16.9. The van der Waals surface area contributed by atoms with Crippen LogP contribution in [0.25, 0.3) is 10.9 Å². The van der Waals surface area contributed by atoms with Crippen LogP contribution in [0.1, 0.15) is 24.8 Å². The van der Waals surface area contributed by atoms with Crippen LogP contribution in [-0.2, 0) is 22.7 Å². The fourth-order valence-electron chi connectivity index (χ4n) is 3.97. The van der Waals surface area contributed by atoms with Gasteiger partial charge in [0.25, 0.3) is 0 Å². The Balaban J connectivity index is 1.39. The summed E-state index contributed by atoms with van der Waals surface area (Å²) in [6.07, 6.45) is 3.73. The van der Waals surface area contributed by atoms with Crippen LogP contribution in [0.4, 0.5) is 0 Å². The SMILES string of the molecule is O=C(O)C1CCCN(C(=O)CCn2ccc3ccc(OCc4ccccc4)cc32)C1. The maximum absolute atomic E-state index is 12.6. The molecule has 1 amide bonds. The molecular weight excluding hydrogens is 380 g/mol. The van der Waals surface area contributed by atoms with Crippen molar-refractivity contribution in [3.05, 3.63) is 66.4 Å². The summed E-state index contributed by atoms with van der Waals surface area (Å²) in [5.74, 6) is -0.455. The number of carbonyl (C=O) groups excluding carboxylic acids is 1. The minimum absolute atomic E-state index is 0.0132. The van der Waals surface area contributed by atoms with Gasteiger partial charge in [-0.05, 0) is 42.0 Å². The molecule has 2 heterocycles. The monoisotopic (exact) mass is 406 g/mol. The molecule has 1 N–H and O–H groups in total. The second kappa shape index (κ2) is 9.03. The van der Waals surface area contributed by atoms with E-state index in [1.165, 1.54) is 0 Å². The molecule has 1 atom stereocenters. The third kappa shape index (κ3) is 4.64. The van der Waals surface area contributed by atoms with Gasteiger partial charge in [0.1, 0.15) is 12.4 Å². The largest absolute Gasteiger partial charge is 0.489 e. The number of hydrogen-bond donors (Lipinski definition) is 1. The maximum atomic E-state index is 12.6. The van der Waals surface area contributed by atoms with E-state index in [1.54, 1.807) is 4.90 Å². The van der Waals surface area contributed by atoms with Gasteiger partial charge in [-0.15, -0.1) is 0 Å². The summed E-state index contributed by atoms with van der Waals surface area (Å²) < 4.78 is 7.99. The van der Waals surface area contributed by atoms with Crippen LogP contribution in [0.3, 0.4) is 0 Å². The van der Waals surface area contributed by atoms with Crippen LogP contribution in [-0.4, -0.2) is 39.5 Å². The number of nitrogens with zero attached hydrogens (tertiary/aromatic N) is 2. The fourth-order valence-corrected chi connectivity index (χ4v) is 3.97. The van der Waals surface area contributed by atoms with Crippen LogP contribution >= 0.6 is 0 Å². The average molecular weight is 406 g/mol. The van der Waals surface area contributed by atoms with Gasteiger partial charge in [0.05, 0.1) is 11.4 Å². The molecule has 4 rings (SSSR count). The predicted octanol–water partition coefficient (Wildman–Crippen LogP) is 3.93. The topological polar surface area (TPSA) is 71.8 Å². The Morgan fingerprint density at radius 3 is 2.73 bits per heavy atom. The second-order valence-electron chi connectivity index (χ2n) is 7.77. The molecule has 6 nitrogen and oxygen atoms in total. The van der Waals surface area contributed by atoms with Gasteiger partial charge in [-0.3, -0.25) is 9.59 Å². The Kier molecular flexibility index (Phi) is 6.02. The van der Waals surface area contributed by atoms with Gasteiger partial charge < -0.3 is 19.3 Å². The Bertz CT molecular complexity index is 1030. The zero-order chi connectivity index (χ0) is 20.9. The molecule has 1 fully saturated rings. The molecular formula is C24H26N2O4. The van der Waals surface area contributed by atoms with Crippen LogP contribution in [0, 0.1) is 5.92 Å². The van der Waals surface area contributed by atoms with E-state index in [-0.39, 0.29) is 5.91 Å². The van der Waals surface area contributed by atoms with E-state index in [2.05, 4.69) is 4.57 Å². The van der Waals surface area contributed by atoms with Gasteiger partial charge >= 0.3 is 5.97 Å². The molecule has 2 aromatic carbocycles. The Morgan fingerprint density at radius 2 is 1.93 bits per heavy atom. The molecule has 1 aliphatic heterocycles. The summed E-state index contributed by atoms with van der Waals surface area (Å²) in [4.78, 5) is 25.6. The molecule has 0 bridgehead atoms. The minimum atomic E-state index is -0.813. The summed E-state index contributed by atoms with van der Waals surface area (Å²) >= 11 is 0. The van der Waals surface area contributed by atoms with Crippen molar-refractivity contribution in [1.29, 1.82) is 0 Å². The van der Waals surface area contributed by atoms with Crippen molar-refractivity contribution in [2.75, 3.05) is 13.1 Å². The van der Waals surface area contributed by atoms with Crippen molar-refractivity contribution in [3.63, 3.8) is 0 Å². The third-order valence-electron chi connectivity index (χ3n) is 5.68. The molecule has 1 aliphatic rings. The summed E-state index contributed by atoms with van der Waals surface area (Å²) in [5.41, 5.74) is 2.13. The lowest BCUT2D eigenvalue weighted by atomic mass is 9.98. The van der Waals surface area contributed by atoms with E-state index in [9.17, 15) is 14.7 Å².